The molecule has 0 atom stereocenters. The van der Waals surface area contributed by atoms with E-state index >= 15 is 0 Å². The average Bonchev–Trinajstić information content (AvgIpc) is 2.44. The van der Waals surface area contributed by atoms with Crippen molar-refractivity contribution < 1.29 is 9.53 Å². The predicted molar refractivity (Wildman–Crippen MR) is 80.6 cm³/mol. The second-order valence-electron chi connectivity index (χ2n) is 4.15. The minimum Gasteiger partial charge on any atom is -0.410 e. The Morgan fingerprint density at radius 1 is 0.950 bits per heavy atom. The van der Waals surface area contributed by atoms with Gasteiger partial charge in [0.05, 0.1) is 0 Å². The van der Waals surface area contributed by atoms with Crippen LogP contribution in [0.25, 0.3) is 0 Å². The highest BCUT2D eigenvalue weighted by Crippen LogP contribution is 2.15. The highest BCUT2D eigenvalue weighted by Gasteiger charge is 2.03. The molecule has 2 aromatic carbocycles. The quantitative estimate of drug-likeness (QED) is 0.913. The van der Waals surface area contributed by atoms with E-state index in [2.05, 4.69) is 5.32 Å². The number of carbonyl (C=O) groups is 1. The minimum absolute atomic E-state index is 0.457. The maximum atomic E-state index is 11.6. The van der Waals surface area contributed by atoms with Crippen LogP contribution >= 0.6 is 23.2 Å². The first-order valence-corrected chi connectivity index (χ1v) is 6.85. The van der Waals surface area contributed by atoms with Crippen molar-refractivity contribution in [1.29, 1.82) is 0 Å². The first-order chi connectivity index (χ1) is 9.63. The molecule has 0 aromatic heterocycles. The van der Waals surface area contributed by atoms with Crippen LogP contribution in [0.3, 0.4) is 0 Å². The molecule has 2 rings (SSSR count). The maximum Gasteiger partial charge on any atom is 0.412 e. The van der Waals surface area contributed by atoms with Gasteiger partial charge >= 0.3 is 6.09 Å². The summed E-state index contributed by atoms with van der Waals surface area (Å²) in [4.78, 5) is 11.6. The second kappa shape index (κ2) is 7.17. The number of ether oxygens (including phenoxy) is 1. The Labute approximate surface area is 127 Å². The zero-order valence-electron chi connectivity index (χ0n) is 10.6. The van der Waals surface area contributed by atoms with E-state index in [1.807, 2.05) is 24.3 Å². The van der Waals surface area contributed by atoms with E-state index in [9.17, 15) is 4.79 Å². The van der Waals surface area contributed by atoms with Crippen LogP contribution in [-0.2, 0) is 6.42 Å². The highest BCUT2D eigenvalue weighted by atomic mass is 35.5. The van der Waals surface area contributed by atoms with E-state index in [1.54, 1.807) is 24.3 Å². The van der Waals surface area contributed by atoms with Gasteiger partial charge in [-0.3, -0.25) is 0 Å². The molecular formula is C15H13Cl2NO2. The van der Waals surface area contributed by atoms with Crippen LogP contribution in [0.5, 0.6) is 5.75 Å². The van der Waals surface area contributed by atoms with E-state index in [1.165, 1.54) is 0 Å². The summed E-state index contributed by atoms with van der Waals surface area (Å²) in [5.41, 5.74) is 1.10. The average molecular weight is 310 g/mol. The largest absolute Gasteiger partial charge is 0.412 e. The fourth-order valence-corrected chi connectivity index (χ4v) is 1.86. The summed E-state index contributed by atoms with van der Waals surface area (Å²) in [6.07, 6.45) is 0.230. The first-order valence-electron chi connectivity index (χ1n) is 6.09. The second-order valence-corrected chi connectivity index (χ2v) is 5.02. The van der Waals surface area contributed by atoms with Gasteiger partial charge in [0.15, 0.2) is 0 Å². The maximum absolute atomic E-state index is 11.6. The summed E-state index contributed by atoms with van der Waals surface area (Å²) in [5.74, 6) is 0.457. The summed E-state index contributed by atoms with van der Waals surface area (Å²) in [6, 6.07) is 14.1. The van der Waals surface area contributed by atoms with Crippen LogP contribution < -0.4 is 10.1 Å². The summed E-state index contributed by atoms with van der Waals surface area (Å²) < 4.78 is 5.10. The van der Waals surface area contributed by atoms with Gasteiger partial charge < -0.3 is 10.1 Å². The van der Waals surface area contributed by atoms with E-state index < -0.39 is 6.09 Å². The number of amides is 1. The van der Waals surface area contributed by atoms with E-state index in [-0.39, 0.29) is 0 Å². The third kappa shape index (κ3) is 4.76. The number of carbonyl (C=O) groups excluding carboxylic acids is 1. The van der Waals surface area contributed by atoms with Crippen molar-refractivity contribution in [1.82, 2.24) is 5.32 Å². The molecule has 0 radical (unpaired) electrons. The van der Waals surface area contributed by atoms with Gasteiger partial charge in [-0.2, -0.15) is 0 Å². The molecule has 2 aromatic rings. The van der Waals surface area contributed by atoms with Gasteiger partial charge in [-0.25, -0.2) is 4.79 Å². The molecule has 0 heterocycles. The Morgan fingerprint density at radius 3 is 2.10 bits per heavy atom. The molecule has 20 heavy (non-hydrogen) atoms. The molecule has 0 unspecified atom stereocenters. The lowest BCUT2D eigenvalue weighted by Crippen LogP contribution is -2.28. The molecule has 0 saturated heterocycles. The topological polar surface area (TPSA) is 38.3 Å². The minimum atomic E-state index is -0.485. The summed E-state index contributed by atoms with van der Waals surface area (Å²) in [5, 5.41) is 3.98. The van der Waals surface area contributed by atoms with Crippen LogP contribution in [0.4, 0.5) is 4.79 Å². The lowest BCUT2D eigenvalue weighted by molar-refractivity contribution is 0.200. The van der Waals surface area contributed by atoms with Crippen molar-refractivity contribution in [3.05, 3.63) is 64.1 Å². The van der Waals surface area contributed by atoms with Crippen LogP contribution in [0.15, 0.2) is 48.5 Å². The fourth-order valence-electron chi connectivity index (χ4n) is 1.61. The van der Waals surface area contributed by atoms with Crippen molar-refractivity contribution in [3.63, 3.8) is 0 Å². The predicted octanol–water partition coefficient (Wildman–Crippen LogP) is 4.32. The molecule has 5 heteroatoms. The third-order valence-electron chi connectivity index (χ3n) is 2.62. The van der Waals surface area contributed by atoms with Crippen LogP contribution in [0.2, 0.25) is 10.0 Å². The molecule has 0 spiro atoms. The number of benzene rings is 2. The Balaban J connectivity index is 1.75. The number of hydrogen-bond donors (Lipinski definition) is 1. The summed E-state index contributed by atoms with van der Waals surface area (Å²) >= 11 is 11.5. The summed E-state index contributed by atoms with van der Waals surface area (Å²) in [6.45, 7) is 0.494. The van der Waals surface area contributed by atoms with E-state index in [0.29, 0.717) is 28.8 Å². The van der Waals surface area contributed by atoms with Crippen molar-refractivity contribution in [2.45, 2.75) is 6.42 Å². The Hall–Kier alpha value is -1.71. The first kappa shape index (κ1) is 14.7. The number of nitrogens with one attached hydrogen (secondary N) is 1. The van der Waals surface area contributed by atoms with Gasteiger partial charge in [-0.05, 0) is 48.4 Å². The number of hydrogen-bond acceptors (Lipinski definition) is 2. The Morgan fingerprint density at radius 2 is 1.50 bits per heavy atom. The van der Waals surface area contributed by atoms with Gasteiger partial charge in [0.1, 0.15) is 5.75 Å². The van der Waals surface area contributed by atoms with Gasteiger partial charge in [0.25, 0.3) is 0 Å². The van der Waals surface area contributed by atoms with Crippen molar-refractivity contribution in [2.75, 3.05) is 6.54 Å². The molecule has 0 bridgehead atoms. The molecule has 1 amide bonds. The van der Waals surface area contributed by atoms with E-state index in [4.69, 9.17) is 27.9 Å². The molecule has 0 aliphatic heterocycles. The molecule has 0 aliphatic carbocycles. The lowest BCUT2D eigenvalue weighted by atomic mass is 10.1. The molecular weight excluding hydrogens is 297 g/mol. The van der Waals surface area contributed by atoms with E-state index in [0.717, 1.165) is 5.56 Å². The highest BCUT2D eigenvalue weighted by molar-refractivity contribution is 6.30. The Bertz CT molecular complexity index is 567. The van der Waals surface area contributed by atoms with Crippen molar-refractivity contribution in [2.24, 2.45) is 0 Å². The SMILES string of the molecule is O=C(NCCc1ccc(Cl)cc1)Oc1ccc(Cl)cc1. The van der Waals surface area contributed by atoms with Crippen LogP contribution in [0, 0.1) is 0 Å². The van der Waals surface area contributed by atoms with Gasteiger partial charge in [0.2, 0.25) is 0 Å². The number of halogens is 2. The van der Waals surface area contributed by atoms with Crippen LogP contribution in [-0.4, -0.2) is 12.6 Å². The van der Waals surface area contributed by atoms with Crippen LogP contribution in [0.1, 0.15) is 5.56 Å². The molecule has 3 nitrogen and oxygen atoms in total. The normalized spacial score (nSPS) is 10.1. The van der Waals surface area contributed by atoms with Crippen molar-refractivity contribution in [3.8, 4) is 5.75 Å². The molecule has 0 fully saturated rings. The third-order valence-corrected chi connectivity index (χ3v) is 3.12. The molecule has 0 aliphatic rings. The smallest absolute Gasteiger partial charge is 0.410 e. The zero-order chi connectivity index (χ0) is 14.4. The van der Waals surface area contributed by atoms with Crippen molar-refractivity contribution >= 4 is 29.3 Å². The van der Waals surface area contributed by atoms with Gasteiger partial charge in [-0.1, -0.05) is 35.3 Å². The number of rotatable bonds is 4. The standard InChI is InChI=1S/C15H13Cl2NO2/c16-12-3-1-11(2-4-12)9-10-18-15(19)20-14-7-5-13(17)6-8-14/h1-8H,9-10H2,(H,18,19). The van der Waals surface area contributed by atoms with Gasteiger partial charge in [0, 0.05) is 16.6 Å². The summed E-state index contributed by atoms with van der Waals surface area (Å²) in [7, 11) is 0. The molecule has 0 saturated carbocycles. The Kier molecular flexibility index (Phi) is 5.27. The monoisotopic (exact) mass is 309 g/mol. The lowest BCUT2D eigenvalue weighted by Gasteiger charge is -2.06. The zero-order valence-corrected chi connectivity index (χ0v) is 12.1. The molecule has 104 valence electrons. The van der Waals surface area contributed by atoms with Gasteiger partial charge in [-0.15, -0.1) is 0 Å². The molecule has 1 N–H and O–H groups in total. The fraction of sp³-hybridized carbons (Fsp3) is 0.133.